The molecular formula is C15H26N2. The summed E-state index contributed by atoms with van der Waals surface area (Å²) >= 11 is 0. The van der Waals surface area contributed by atoms with Crippen LogP contribution < -0.4 is 10.2 Å². The fraction of sp³-hybridized carbons (Fsp3) is 0.600. The number of anilines is 1. The molecule has 0 aliphatic heterocycles. The minimum Gasteiger partial charge on any atom is -0.371 e. The maximum atomic E-state index is 3.44. The third-order valence-corrected chi connectivity index (χ3v) is 2.98. The van der Waals surface area contributed by atoms with Crippen molar-refractivity contribution in [2.24, 2.45) is 5.41 Å². The Morgan fingerprint density at radius 3 is 2.29 bits per heavy atom. The molecule has 0 bridgehead atoms. The summed E-state index contributed by atoms with van der Waals surface area (Å²) < 4.78 is 0. The summed E-state index contributed by atoms with van der Waals surface area (Å²) in [5, 5.41) is 3.44. The predicted octanol–water partition coefficient (Wildman–Crippen LogP) is 3.15. The zero-order valence-corrected chi connectivity index (χ0v) is 11.7. The Hall–Kier alpha value is -1.02. The number of nitrogens with one attached hydrogen (secondary N) is 1. The second-order valence-corrected chi connectivity index (χ2v) is 5.29. The van der Waals surface area contributed by atoms with Crippen LogP contribution in [-0.2, 0) is 0 Å². The first-order valence-corrected chi connectivity index (χ1v) is 6.60. The second-order valence-electron chi connectivity index (χ2n) is 5.29. The van der Waals surface area contributed by atoms with Crippen LogP contribution in [0.4, 0.5) is 5.69 Å². The van der Waals surface area contributed by atoms with E-state index in [0.29, 0.717) is 5.41 Å². The van der Waals surface area contributed by atoms with Gasteiger partial charge in [-0.2, -0.15) is 0 Å². The predicted molar refractivity (Wildman–Crippen MR) is 76.7 cm³/mol. The molecule has 96 valence electrons. The van der Waals surface area contributed by atoms with Crippen molar-refractivity contribution < 1.29 is 0 Å². The van der Waals surface area contributed by atoms with E-state index in [-0.39, 0.29) is 0 Å². The highest BCUT2D eigenvalue weighted by molar-refractivity contribution is 5.46. The largest absolute Gasteiger partial charge is 0.371 e. The molecule has 0 radical (unpaired) electrons. The summed E-state index contributed by atoms with van der Waals surface area (Å²) in [5.41, 5.74) is 1.61. The molecular weight excluding hydrogens is 208 g/mol. The SMILES string of the molecule is CCNCC(C)(C)CN(CC)c1ccccc1. The quantitative estimate of drug-likeness (QED) is 0.779. The van der Waals surface area contributed by atoms with E-state index in [0.717, 1.165) is 26.2 Å². The third-order valence-electron chi connectivity index (χ3n) is 2.98. The fourth-order valence-corrected chi connectivity index (χ4v) is 2.06. The zero-order valence-electron chi connectivity index (χ0n) is 11.7. The van der Waals surface area contributed by atoms with Crippen molar-refractivity contribution >= 4 is 5.69 Å². The molecule has 0 atom stereocenters. The molecule has 17 heavy (non-hydrogen) atoms. The second kappa shape index (κ2) is 6.65. The van der Waals surface area contributed by atoms with Crippen LogP contribution in [0.1, 0.15) is 27.7 Å². The highest BCUT2D eigenvalue weighted by Gasteiger charge is 2.20. The Morgan fingerprint density at radius 2 is 1.76 bits per heavy atom. The summed E-state index contributed by atoms with van der Waals surface area (Å²) in [6.45, 7) is 13.3. The van der Waals surface area contributed by atoms with Gasteiger partial charge in [-0.05, 0) is 31.0 Å². The molecule has 1 rings (SSSR count). The van der Waals surface area contributed by atoms with Crippen LogP contribution in [0.3, 0.4) is 0 Å². The number of nitrogens with zero attached hydrogens (tertiary/aromatic N) is 1. The average molecular weight is 234 g/mol. The molecule has 0 saturated heterocycles. The van der Waals surface area contributed by atoms with Crippen molar-refractivity contribution in [3.63, 3.8) is 0 Å². The van der Waals surface area contributed by atoms with Crippen LogP contribution in [-0.4, -0.2) is 26.2 Å². The first-order valence-electron chi connectivity index (χ1n) is 6.60. The third kappa shape index (κ3) is 4.78. The lowest BCUT2D eigenvalue weighted by atomic mass is 9.92. The number of hydrogen-bond acceptors (Lipinski definition) is 2. The van der Waals surface area contributed by atoms with Gasteiger partial charge in [-0.25, -0.2) is 0 Å². The van der Waals surface area contributed by atoms with Crippen molar-refractivity contribution in [1.29, 1.82) is 0 Å². The molecule has 0 heterocycles. The molecule has 1 aromatic carbocycles. The molecule has 2 nitrogen and oxygen atoms in total. The topological polar surface area (TPSA) is 15.3 Å². The van der Waals surface area contributed by atoms with Gasteiger partial charge in [0, 0.05) is 25.3 Å². The molecule has 0 spiro atoms. The van der Waals surface area contributed by atoms with Crippen molar-refractivity contribution in [2.45, 2.75) is 27.7 Å². The van der Waals surface area contributed by atoms with E-state index >= 15 is 0 Å². The number of hydrogen-bond donors (Lipinski definition) is 1. The van der Waals surface area contributed by atoms with Gasteiger partial charge in [0.2, 0.25) is 0 Å². The monoisotopic (exact) mass is 234 g/mol. The fourth-order valence-electron chi connectivity index (χ4n) is 2.06. The van der Waals surface area contributed by atoms with Gasteiger partial charge in [0.05, 0.1) is 0 Å². The summed E-state index contributed by atoms with van der Waals surface area (Å²) in [6, 6.07) is 10.7. The van der Waals surface area contributed by atoms with Crippen LogP contribution >= 0.6 is 0 Å². The minimum absolute atomic E-state index is 0.294. The molecule has 0 saturated carbocycles. The van der Waals surface area contributed by atoms with Gasteiger partial charge < -0.3 is 10.2 Å². The molecule has 2 heteroatoms. The molecule has 0 aromatic heterocycles. The van der Waals surface area contributed by atoms with Gasteiger partial charge in [0.1, 0.15) is 0 Å². The lowest BCUT2D eigenvalue weighted by Crippen LogP contribution is -2.40. The van der Waals surface area contributed by atoms with E-state index in [2.05, 4.69) is 68.2 Å². The normalized spacial score (nSPS) is 11.5. The van der Waals surface area contributed by atoms with E-state index < -0.39 is 0 Å². The maximum absolute atomic E-state index is 3.44. The Kier molecular flexibility index (Phi) is 5.49. The Morgan fingerprint density at radius 1 is 1.12 bits per heavy atom. The highest BCUT2D eigenvalue weighted by atomic mass is 15.1. The lowest BCUT2D eigenvalue weighted by molar-refractivity contribution is 0.346. The zero-order chi connectivity index (χ0) is 12.7. The minimum atomic E-state index is 0.294. The van der Waals surface area contributed by atoms with Crippen LogP contribution in [0.25, 0.3) is 0 Å². The average Bonchev–Trinajstić information content (AvgIpc) is 2.35. The maximum Gasteiger partial charge on any atom is 0.0366 e. The van der Waals surface area contributed by atoms with E-state index in [1.54, 1.807) is 0 Å². The van der Waals surface area contributed by atoms with Gasteiger partial charge in [-0.1, -0.05) is 39.0 Å². The number of benzene rings is 1. The lowest BCUT2D eigenvalue weighted by Gasteiger charge is -2.33. The van der Waals surface area contributed by atoms with E-state index in [1.807, 2.05) is 0 Å². The summed E-state index contributed by atoms with van der Waals surface area (Å²) in [7, 11) is 0. The Balaban J connectivity index is 2.63. The van der Waals surface area contributed by atoms with Crippen molar-refractivity contribution in [2.75, 3.05) is 31.1 Å². The molecule has 0 fully saturated rings. The number of rotatable bonds is 7. The van der Waals surface area contributed by atoms with E-state index in [9.17, 15) is 0 Å². The first kappa shape index (κ1) is 14.0. The van der Waals surface area contributed by atoms with Crippen LogP contribution in [0.2, 0.25) is 0 Å². The van der Waals surface area contributed by atoms with Crippen molar-refractivity contribution in [1.82, 2.24) is 5.32 Å². The standard InChI is InChI=1S/C15H26N2/c1-5-16-12-15(3,4)13-17(6-2)14-10-8-7-9-11-14/h7-11,16H,5-6,12-13H2,1-4H3. The molecule has 0 unspecified atom stereocenters. The van der Waals surface area contributed by atoms with Crippen LogP contribution in [0.15, 0.2) is 30.3 Å². The summed E-state index contributed by atoms with van der Waals surface area (Å²) in [5.74, 6) is 0. The molecule has 1 N–H and O–H groups in total. The summed E-state index contributed by atoms with van der Waals surface area (Å²) in [6.07, 6.45) is 0. The smallest absolute Gasteiger partial charge is 0.0366 e. The first-order chi connectivity index (χ1) is 8.09. The number of para-hydroxylation sites is 1. The molecule has 0 amide bonds. The van der Waals surface area contributed by atoms with E-state index in [1.165, 1.54) is 5.69 Å². The van der Waals surface area contributed by atoms with Gasteiger partial charge in [-0.15, -0.1) is 0 Å². The van der Waals surface area contributed by atoms with Crippen molar-refractivity contribution in [3.05, 3.63) is 30.3 Å². The Bertz CT molecular complexity index is 306. The van der Waals surface area contributed by atoms with Crippen LogP contribution in [0, 0.1) is 5.41 Å². The van der Waals surface area contributed by atoms with E-state index in [4.69, 9.17) is 0 Å². The highest BCUT2D eigenvalue weighted by Crippen LogP contribution is 2.21. The molecule has 0 aliphatic rings. The molecule has 0 aliphatic carbocycles. The van der Waals surface area contributed by atoms with Gasteiger partial charge in [0.15, 0.2) is 0 Å². The summed E-state index contributed by atoms with van der Waals surface area (Å²) in [4.78, 5) is 2.44. The van der Waals surface area contributed by atoms with Gasteiger partial charge in [-0.3, -0.25) is 0 Å². The van der Waals surface area contributed by atoms with Gasteiger partial charge >= 0.3 is 0 Å². The Labute approximate surface area is 106 Å². The van der Waals surface area contributed by atoms with Crippen molar-refractivity contribution in [3.8, 4) is 0 Å². The molecule has 1 aromatic rings. The van der Waals surface area contributed by atoms with Gasteiger partial charge in [0.25, 0.3) is 0 Å². The van der Waals surface area contributed by atoms with Crippen LogP contribution in [0.5, 0.6) is 0 Å².